The fraction of sp³-hybridized carbons (Fsp3) is 0.536. The second-order valence-electron chi connectivity index (χ2n) is 22.2. The van der Waals surface area contributed by atoms with Crippen LogP contribution in [0.2, 0.25) is 10.0 Å². The summed E-state index contributed by atoms with van der Waals surface area (Å²) in [7, 11) is 0. The van der Waals surface area contributed by atoms with Gasteiger partial charge >= 0.3 is 11.9 Å². The van der Waals surface area contributed by atoms with Crippen LogP contribution in [0.4, 0.5) is 0 Å². The normalized spacial score (nSPS) is 19.6. The number of rotatable bonds is 18. The first-order valence-corrected chi connectivity index (χ1v) is 26.2. The van der Waals surface area contributed by atoms with Gasteiger partial charge in [0.15, 0.2) is 0 Å². The van der Waals surface area contributed by atoms with E-state index < -0.39 is 0 Å². The van der Waals surface area contributed by atoms with Crippen LogP contribution in [0.15, 0.2) is 60.7 Å². The van der Waals surface area contributed by atoms with Gasteiger partial charge in [0.1, 0.15) is 44.9 Å². The highest BCUT2D eigenvalue weighted by Gasteiger charge is 2.35. The third-order valence-electron chi connectivity index (χ3n) is 14.9. The molecule has 2 N–H and O–H groups in total. The van der Waals surface area contributed by atoms with Crippen molar-refractivity contribution in [2.75, 3.05) is 13.2 Å². The zero-order valence-electron chi connectivity index (χ0n) is 41.9. The van der Waals surface area contributed by atoms with Crippen LogP contribution in [0.3, 0.4) is 0 Å². The molecule has 70 heavy (non-hydrogen) atoms. The molecule has 374 valence electrons. The van der Waals surface area contributed by atoms with Crippen molar-refractivity contribution in [1.82, 2.24) is 30.0 Å². The first-order valence-electron chi connectivity index (χ1n) is 25.4. The van der Waals surface area contributed by atoms with E-state index in [9.17, 15) is 19.8 Å². The molecule has 5 unspecified atom stereocenters. The zero-order chi connectivity index (χ0) is 49.9. The molecule has 0 spiro atoms. The van der Waals surface area contributed by atoms with Crippen molar-refractivity contribution in [3.8, 4) is 22.9 Å². The second kappa shape index (κ2) is 21.7. The predicted molar refractivity (Wildman–Crippen MR) is 276 cm³/mol. The van der Waals surface area contributed by atoms with Crippen molar-refractivity contribution >= 4 is 57.2 Å². The fourth-order valence-electron chi connectivity index (χ4n) is 10.9. The summed E-state index contributed by atoms with van der Waals surface area (Å²) in [6.07, 6.45) is 12.9. The van der Waals surface area contributed by atoms with E-state index in [1.165, 1.54) is 48.1 Å². The lowest BCUT2D eigenvalue weighted by Gasteiger charge is -2.23. The summed E-state index contributed by atoms with van der Waals surface area (Å²) < 4.78 is 11.8. The van der Waals surface area contributed by atoms with E-state index in [0.717, 1.165) is 47.9 Å². The minimum atomic E-state index is -0.356. The number of carbonyl (C=O) groups excluding carboxylic acids is 2. The highest BCUT2D eigenvalue weighted by atomic mass is 35.5. The minimum absolute atomic E-state index is 0.113. The van der Waals surface area contributed by atoms with E-state index in [-0.39, 0.29) is 47.1 Å². The lowest BCUT2D eigenvalue weighted by atomic mass is 9.84. The summed E-state index contributed by atoms with van der Waals surface area (Å²) in [5.74, 6) is 2.79. The fourth-order valence-corrected chi connectivity index (χ4v) is 11.2. The number of aromatic hydroxyl groups is 2. The Balaban J connectivity index is 0.768. The monoisotopic (exact) mass is 992 g/mol. The number of hydrogen-bond acceptors (Lipinski definition) is 10. The molecule has 14 heteroatoms. The summed E-state index contributed by atoms with van der Waals surface area (Å²) in [5, 5.41) is 42.2. The quantitative estimate of drug-likeness (QED) is 0.0628. The summed E-state index contributed by atoms with van der Waals surface area (Å²) in [4.78, 5) is 29.2. The van der Waals surface area contributed by atoms with Gasteiger partial charge in [-0.3, -0.25) is 9.59 Å². The zero-order valence-corrected chi connectivity index (χ0v) is 43.5. The van der Waals surface area contributed by atoms with E-state index in [2.05, 4.69) is 27.3 Å². The van der Waals surface area contributed by atoms with E-state index in [0.29, 0.717) is 99.1 Å². The Bertz CT molecular complexity index is 2830. The van der Waals surface area contributed by atoms with Crippen LogP contribution in [0, 0.1) is 29.6 Å². The number of ether oxygens (including phenoxy) is 2. The van der Waals surface area contributed by atoms with Crippen molar-refractivity contribution in [3.63, 3.8) is 0 Å². The molecule has 2 aliphatic carbocycles. The van der Waals surface area contributed by atoms with E-state index in [1.54, 1.807) is 36.4 Å². The van der Waals surface area contributed by atoms with Crippen LogP contribution in [-0.4, -0.2) is 65.4 Å². The number of phenolic OH excluding ortho intramolecular Hbond substituents is 2. The molecule has 12 nitrogen and oxygen atoms in total. The molecular formula is C56H70Cl2N6O6. The Hall–Kier alpha value is -5.20. The Labute approximate surface area is 422 Å². The molecule has 0 radical (unpaired) electrons. The standard InChI is InChI=1S/C56H70Cl2N6O6/c1-8-34-25-39(40(26-34)33-70-52(66)22-15-38-28-44(56(5,6)7)54(68)50(30-38)64-60-46-20-18-42(58)32-48(46)62-64)16-13-36-12-11-35(24-36)10-9-23-69-51(65)21-14-37-27-43(55(2,3)4)53(67)49(29-37)63-59-45-19-17-41(57)31-47(45)61-63/h17-20,27-32,34-36,39-40,67-68H,8-16,21-26,33H2,1-7H3. The van der Waals surface area contributed by atoms with Gasteiger partial charge in [0, 0.05) is 34.0 Å². The van der Waals surface area contributed by atoms with Crippen molar-refractivity contribution in [1.29, 1.82) is 0 Å². The Morgan fingerprint density at radius 2 is 1.10 bits per heavy atom. The van der Waals surface area contributed by atoms with Crippen molar-refractivity contribution in [2.24, 2.45) is 29.6 Å². The molecule has 2 heterocycles. The van der Waals surface area contributed by atoms with Gasteiger partial charge in [-0.25, -0.2) is 0 Å². The average molecular weight is 994 g/mol. The molecule has 0 aliphatic heterocycles. The number of aromatic nitrogens is 6. The number of hydrogen-bond donors (Lipinski definition) is 2. The molecule has 2 aromatic heterocycles. The predicted octanol–water partition coefficient (Wildman–Crippen LogP) is 13.1. The largest absolute Gasteiger partial charge is 0.505 e. The number of esters is 2. The van der Waals surface area contributed by atoms with Gasteiger partial charge in [-0.2, -0.15) is 0 Å². The number of aryl methyl sites for hydroxylation is 2. The summed E-state index contributed by atoms with van der Waals surface area (Å²) in [6, 6.07) is 18.3. The van der Waals surface area contributed by atoms with Crippen LogP contribution >= 0.6 is 23.2 Å². The van der Waals surface area contributed by atoms with Gasteiger partial charge in [0.25, 0.3) is 0 Å². The van der Waals surface area contributed by atoms with E-state index in [4.69, 9.17) is 32.7 Å². The number of nitrogens with zero attached hydrogens (tertiary/aromatic N) is 6. The van der Waals surface area contributed by atoms with Gasteiger partial charge in [0.05, 0.1) is 13.2 Å². The van der Waals surface area contributed by atoms with Crippen LogP contribution in [0.5, 0.6) is 11.5 Å². The third-order valence-corrected chi connectivity index (χ3v) is 15.3. The molecule has 0 saturated heterocycles. The molecule has 4 aromatic carbocycles. The minimum Gasteiger partial charge on any atom is -0.505 e. The molecule has 8 rings (SSSR count). The lowest BCUT2D eigenvalue weighted by Crippen LogP contribution is -2.19. The van der Waals surface area contributed by atoms with Gasteiger partial charge in [0.2, 0.25) is 0 Å². The SMILES string of the molecule is CCC1CC(CCC2CCC(CCCOC(=O)CCc3cc(-n4nc5ccc(Cl)cc5n4)c(O)c(C(C)(C)C)c3)C2)C(COC(=O)CCc2cc(-n3nc4ccc(Cl)cc4n3)c(O)c(C(C)(C)C)c2)C1. The molecule has 5 atom stereocenters. The lowest BCUT2D eigenvalue weighted by molar-refractivity contribution is -0.145. The van der Waals surface area contributed by atoms with Gasteiger partial charge in [-0.05, 0) is 151 Å². The molecule has 6 aromatic rings. The maximum absolute atomic E-state index is 13.3. The van der Waals surface area contributed by atoms with Crippen LogP contribution in [0.1, 0.15) is 148 Å². The number of benzene rings is 4. The number of carbonyl (C=O) groups is 2. The molecule has 2 fully saturated rings. The Morgan fingerprint density at radius 3 is 1.61 bits per heavy atom. The Morgan fingerprint density at radius 1 is 0.614 bits per heavy atom. The van der Waals surface area contributed by atoms with Crippen molar-refractivity contribution in [3.05, 3.63) is 93.0 Å². The second-order valence-corrected chi connectivity index (χ2v) is 23.1. The first-order chi connectivity index (χ1) is 33.3. The van der Waals surface area contributed by atoms with Crippen LogP contribution in [0.25, 0.3) is 33.4 Å². The topological polar surface area (TPSA) is 154 Å². The molecule has 2 saturated carbocycles. The average Bonchev–Trinajstić information content (AvgIpc) is 4.13. The van der Waals surface area contributed by atoms with Crippen LogP contribution in [-0.2, 0) is 42.7 Å². The van der Waals surface area contributed by atoms with E-state index in [1.807, 2.05) is 65.8 Å². The van der Waals surface area contributed by atoms with Gasteiger partial charge in [-0.15, -0.1) is 30.0 Å². The maximum Gasteiger partial charge on any atom is 0.306 e. The molecule has 0 amide bonds. The third kappa shape index (κ3) is 12.4. The smallest absolute Gasteiger partial charge is 0.306 e. The molecule has 2 aliphatic rings. The van der Waals surface area contributed by atoms with Gasteiger partial charge in [-0.1, -0.05) is 109 Å². The number of fused-ring (bicyclic) bond motifs is 2. The Kier molecular flexibility index (Phi) is 15.8. The highest BCUT2D eigenvalue weighted by Crippen LogP contribution is 2.44. The molecule has 0 bridgehead atoms. The highest BCUT2D eigenvalue weighted by molar-refractivity contribution is 6.31. The van der Waals surface area contributed by atoms with Crippen molar-refractivity contribution in [2.45, 2.75) is 149 Å². The van der Waals surface area contributed by atoms with Crippen LogP contribution < -0.4 is 0 Å². The summed E-state index contributed by atoms with van der Waals surface area (Å²) in [6.45, 7) is 15.4. The first kappa shape index (κ1) is 51.2. The van der Waals surface area contributed by atoms with Crippen molar-refractivity contribution < 1.29 is 29.3 Å². The number of halogens is 2. The summed E-state index contributed by atoms with van der Waals surface area (Å²) >= 11 is 12.4. The number of phenols is 2. The maximum atomic E-state index is 13.3. The van der Waals surface area contributed by atoms with Gasteiger partial charge < -0.3 is 19.7 Å². The van der Waals surface area contributed by atoms with E-state index >= 15 is 0 Å². The summed E-state index contributed by atoms with van der Waals surface area (Å²) in [5.41, 5.74) is 6.15. The molecular weight excluding hydrogens is 924 g/mol.